The highest BCUT2D eigenvalue weighted by molar-refractivity contribution is 5.68. The molecule has 0 aromatic carbocycles. The molecule has 0 aromatic rings. The average molecular weight is 185 g/mol. The fourth-order valence-electron chi connectivity index (χ4n) is 2.01. The van der Waals surface area contributed by atoms with Crippen molar-refractivity contribution in [2.45, 2.75) is 44.6 Å². The summed E-state index contributed by atoms with van der Waals surface area (Å²) < 4.78 is 4.72. The third-order valence-electron chi connectivity index (χ3n) is 3.19. The number of hydrogen-bond acceptors (Lipinski definition) is 2. The molecule has 1 rings (SSSR count). The van der Waals surface area contributed by atoms with E-state index in [-0.39, 0.29) is 11.6 Å². The Kier molecular flexibility index (Phi) is 3.17. The van der Waals surface area contributed by atoms with Gasteiger partial charge in [0, 0.05) is 12.6 Å². The fourth-order valence-corrected chi connectivity index (χ4v) is 2.01. The predicted molar refractivity (Wildman–Crippen MR) is 51.7 cm³/mol. The molecule has 0 spiro atoms. The van der Waals surface area contributed by atoms with Gasteiger partial charge < -0.3 is 9.64 Å². The highest BCUT2D eigenvalue weighted by Crippen LogP contribution is 2.32. The van der Waals surface area contributed by atoms with Crippen LogP contribution in [0.3, 0.4) is 0 Å². The van der Waals surface area contributed by atoms with Crippen molar-refractivity contribution in [1.82, 2.24) is 4.90 Å². The van der Waals surface area contributed by atoms with Crippen LogP contribution in [0.2, 0.25) is 0 Å². The second-order valence-corrected chi connectivity index (χ2v) is 4.09. The molecule has 1 saturated carbocycles. The van der Waals surface area contributed by atoms with Crippen LogP contribution < -0.4 is 0 Å². The van der Waals surface area contributed by atoms with Crippen LogP contribution >= 0.6 is 0 Å². The molecule has 0 N–H and O–H groups in total. The van der Waals surface area contributed by atoms with Crippen molar-refractivity contribution in [2.75, 3.05) is 14.2 Å². The van der Waals surface area contributed by atoms with Crippen molar-refractivity contribution in [1.29, 1.82) is 0 Å². The number of carbonyl (C=O) groups is 1. The van der Waals surface area contributed by atoms with Crippen LogP contribution in [0.4, 0.5) is 4.79 Å². The van der Waals surface area contributed by atoms with E-state index in [0.717, 1.165) is 12.8 Å². The first kappa shape index (κ1) is 10.4. The second-order valence-electron chi connectivity index (χ2n) is 4.09. The smallest absolute Gasteiger partial charge is 0.409 e. The molecule has 0 saturated heterocycles. The van der Waals surface area contributed by atoms with Crippen LogP contribution in [0, 0.1) is 0 Å². The molecule has 1 amide bonds. The summed E-state index contributed by atoms with van der Waals surface area (Å²) in [5.74, 6) is 0. The first-order chi connectivity index (χ1) is 6.10. The largest absolute Gasteiger partial charge is 0.453 e. The quantitative estimate of drug-likeness (QED) is 0.627. The standard InChI is InChI=1S/C10H19NO2/c1-10(7-5-4-6-8-10)11(2)9(12)13-3/h4-8H2,1-3H3. The monoisotopic (exact) mass is 185 g/mol. The number of rotatable bonds is 1. The maximum absolute atomic E-state index is 11.3. The van der Waals surface area contributed by atoms with Crippen LogP contribution in [0.1, 0.15) is 39.0 Å². The van der Waals surface area contributed by atoms with E-state index < -0.39 is 0 Å². The molecule has 1 aliphatic carbocycles. The lowest BCUT2D eigenvalue weighted by molar-refractivity contribution is 0.0662. The Morgan fingerprint density at radius 2 is 1.85 bits per heavy atom. The van der Waals surface area contributed by atoms with Gasteiger partial charge in [-0.2, -0.15) is 0 Å². The van der Waals surface area contributed by atoms with Crippen LogP contribution in [-0.4, -0.2) is 30.7 Å². The minimum Gasteiger partial charge on any atom is -0.453 e. The van der Waals surface area contributed by atoms with Gasteiger partial charge >= 0.3 is 6.09 Å². The molecule has 3 heteroatoms. The van der Waals surface area contributed by atoms with E-state index in [1.54, 1.807) is 4.90 Å². The topological polar surface area (TPSA) is 29.5 Å². The Bertz CT molecular complexity index is 185. The van der Waals surface area contributed by atoms with Crippen LogP contribution in [0.5, 0.6) is 0 Å². The number of ether oxygens (including phenoxy) is 1. The molecular weight excluding hydrogens is 166 g/mol. The molecule has 0 aromatic heterocycles. The molecule has 3 nitrogen and oxygen atoms in total. The molecule has 76 valence electrons. The molecule has 1 fully saturated rings. The Morgan fingerprint density at radius 1 is 1.31 bits per heavy atom. The first-order valence-corrected chi connectivity index (χ1v) is 4.92. The average Bonchev–Trinajstić information content (AvgIpc) is 2.16. The highest BCUT2D eigenvalue weighted by Gasteiger charge is 2.34. The van der Waals surface area contributed by atoms with Gasteiger partial charge in [-0.05, 0) is 19.8 Å². The number of hydrogen-bond donors (Lipinski definition) is 0. The van der Waals surface area contributed by atoms with E-state index in [4.69, 9.17) is 4.74 Å². The zero-order valence-electron chi connectivity index (χ0n) is 8.80. The molecule has 0 radical (unpaired) electrons. The lowest BCUT2D eigenvalue weighted by atomic mass is 9.82. The SMILES string of the molecule is COC(=O)N(C)C1(C)CCCCC1. The minimum atomic E-state index is -0.218. The maximum Gasteiger partial charge on any atom is 0.409 e. The predicted octanol–water partition coefficient (Wildman–Crippen LogP) is 2.41. The third-order valence-corrected chi connectivity index (χ3v) is 3.19. The summed E-state index contributed by atoms with van der Waals surface area (Å²) in [4.78, 5) is 13.1. The summed E-state index contributed by atoms with van der Waals surface area (Å²) in [5.41, 5.74) is 0.0192. The van der Waals surface area contributed by atoms with E-state index in [1.165, 1.54) is 26.4 Å². The molecule has 0 aliphatic heterocycles. The number of nitrogens with zero attached hydrogens (tertiary/aromatic N) is 1. The normalized spacial score (nSPS) is 20.8. The summed E-state index contributed by atoms with van der Waals surface area (Å²) in [6.45, 7) is 2.14. The Morgan fingerprint density at radius 3 is 2.31 bits per heavy atom. The number of amides is 1. The van der Waals surface area contributed by atoms with Crippen molar-refractivity contribution in [3.05, 3.63) is 0 Å². The van der Waals surface area contributed by atoms with Crippen LogP contribution in [-0.2, 0) is 4.74 Å². The van der Waals surface area contributed by atoms with Crippen molar-refractivity contribution in [2.24, 2.45) is 0 Å². The van der Waals surface area contributed by atoms with E-state index in [9.17, 15) is 4.79 Å². The van der Waals surface area contributed by atoms with Crippen molar-refractivity contribution >= 4 is 6.09 Å². The van der Waals surface area contributed by atoms with Gasteiger partial charge in [0.25, 0.3) is 0 Å². The van der Waals surface area contributed by atoms with Crippen LogP contribution in [0.15, 0.2) is 0 Å². The van der Waals surface area contributed by atoms with Gasteiger partial charge in [-0.15, -0.1) is 0 Å². The van der Waals surface area contributed by atoms with Crippen molar-refractivity contribution in [3.63, 3.8) is 0 Å². The Balaban J connectivity index is 2.61. The van der Waals surface area contributed by atoms with Gasteiger partial charge in [0.15, 0.2) is 0 Å². The van der Waals surface area contributed by atoms with E-state index in [2.05, 4.69) is 6.92 Å². The fraction of sp³-hybridized carbons (Fsp3) is 0.900. The minimum absolute atomic E-state index is 0.0192. The molecule has 0 unspecified atom stereocenters. The van der Waals surface area contributed by atoms with Gasteiger partial charge in [-0.3, -0.25) is 0 Å². The number of carbonyl (C=O) groups excluding carboxylic acids is 1. The molecule has 1 aliphatic rings. The van der Waals surface area contributed by atoms with Crippen molar-refractivity contribution in [3.8, 4) is 0 Å². The van der Waals surface area contributed by atoms with E-state index in [1.807, 2.05) is 7.05 Å². The number of methoxy groups -OCH3 is 1. The summed E-state index contributed by atoms with van der Waals surface area (Å²) in [7, 11) is 3.27. The van der Waals surface area contributed by atoms with Crippen LogP contribution in [0.25, 0.3) is 0 Å². The summed E-state index contributed by atoms with van der Waals surface area (Å²) >= 11 is 0. The van der Waals surface area contributed by atoms with Crippen molar-refractivity contribution < 1.29 is 9.53 Å². The highest BCUT2D eigenvalue weighted by atomic mass is 16.5. The van der Waals surface area contributed by atoms with Gasteiger partial charge in [-0.25, -0.2) is 4.79 Å². The summed E-state index contributed by atoms with van der Waals surface area (Å²) in [6.07, 6.45) is 5.71. The van der Waals surface area contributed by atoms with Gasteiger partial charge in [0.2, 0.25) is 0 Å². The summed E-state index contributed by atoms with van der Waals surface area (Å²) in [6, 6.07) is 0. The maximum atomic E-state index is 11.3. The first-order valence-electron chi connectivity index (χ1n) is 4.92. The van der Waals surface area contributed by atoms with E-state index in [0.29, 0.717) is 0 Å². The zero-order chi connectivity index (χ0) is 9.90. The third kappa shape index (κ3) is 2.14. The molecule has 13 heavy (non-hydrogen) atoms. The molecular formula is C10H19NO2. The zero-order valence-corrected chi connectivity index (χ0v) is 8.80. The Hall–Kier alpha value is -0.730. The van der Waals surface area contributed by atoms with Gasteiger partial charge in [0.1, 0.15) is 0 Å². The van der Waals surface area contributed by atoms with E-state index >= 15 is 0 Å². The Labute approximate surface area is 80.1 Å². The second kappa shape index (κ2) is 3.99. The van der Waals surface area contributed by atoms with Gasteiger partial charge in [-0.1, -0.05) is 19.3 Å². The van der Waals surface area contributed by atoms with Gasteiger partial charge in [0.05, 0.1) is 7.11 Å². The molecule has 0 heterocycles. The summed E-state index contributed by atoms with van der Waals surface area (Å²) in [5, 5.41) is 0. The lowest BCUT2D eigenvalue weighted by Crippen LogP contribution is -2.48. The lowest BCUT2D eigenvalue weighted by Gasteiger charge is -2.40. The molecule has 0 atom stereocenters. The molecule has 0 bridgehead atoms.